The lowest BCUT2D eigenvalue weighted by Gasteiger charge is -2.24. The Kier molecular flexibility index (Phi) is 8.23. The lowest BCUT2D eigenvalue weighted by molar-refractivity contribution is 0.0982. The van der Waals surface area contributed by atoms with Gasteiger partial charge in [-0.25, -0.2) is 13.1 Å². The average molecular weight is 582 g/mol. The van der Waals surface area contributed by atoms with E-state index < -0.39 is 15.9 Å². The highest BCUT2D eigenvalue weighted by Gasteiger charge is 2.22. The Morgan fingerprint density at radius 1 is 0.881 bits per heavy atom. The largest absolute Gasteiger partial charge is 0.508 e. The molecule has 0 spiro atoms. The van der Waals surface area contributed by atoms with Gasteiger partial charge in [-0.1, -0.05) is 24.3 Å². The number of phenols is 2. The Morgan fingerprint density at radius 3 is 2.19 bits per heavy atom. The van der Waals surface area contributed by atoms with Crippen molar-refractivity contribution in [2.45, 2.75) is 24.9 Å². The molecular formula is C31H27N5O5S. The molecule has 3 aromatic heterocycles. The molecule has 5 rings (SSSR count). The van der Waals surface area contributed by atoms with Crippen molar-refractivity contribution in [3.05, 3.63) is 126 Å². The van der Waals surface area contributed by atoms with Gasteiger partial charge in [0.25, 0.3) is 5.91 Å². The van der Waals surface area contributed by atoms with Crippen LogP contribution in [0.5, 0.6) is 11.5 Å². The van der Waals surface area contributed by atoms with Gasteiger partial charge in [0.1, 0.15) is 16.4 Å². The summed E-state index contributed by atoms with van der Waals surface area (Å²) < 4.78 is 28.3. The van der Waals surface area contributed by atoms with Crippen LogP contribution in [0.3, 0.4) is 0 Å². The Labute approximate surface area is 243 Å². The maximum Gasteiger partial charge on any atom is 0.262 e. The van der Waals surface area contributed by atoms with Crippen molar-refractivity contribution < 1.29 is 23.4 Å². The topological polar surface area (TPSA) is 146 Å². The number of carbonyl (C=O) groups is 1. The van der Waals surface area contributed by atoms with Gasteiger partial charge in [0.2, 0.25) is 10.0 Å². The molecule has 0 bridgehead atoms. The van der Waals surface area contributed by atoms with E-state index in [0.717, 1.165) is 22.8 Å². The number of rotatable bonds is 9. The number of benzene rings is 2. The van der Waals surface area contributed by atoms with Crippen LogP contribution in [-0.2, 0) is 23.1 Å². The third-order valence-electron chi connectivity index (χ3n) is 6.53. The number of sulfonamides is 1. The van der Waals surface area contributed by atoms with Crippen molar-refractivity contribution in [2.75, 3.05) is 4.90 Å². The summed E-state index contributed by atoms with van der Waals surface area (Å²) in [5.74, 6) is -0.956. The number of nitrogens with one attached hydrogen (secondary N) is 1. The fourth-order valence-electron chi connectivity index (χ4n) is 4.36. The summed E-state index contributed by atoms with van der Waals surface area (Å²) in [5.41, 5.74) is 4.07. The quantitative estimate of drug-likeness (QED) is 0.229. The first-order valence-corrected chi connectivity index (χ1v) is 14.4. The first kappa shape index (κ1) is 28.4. The number of phenolic OH excluding ortho intramolecular Hbond substituents is 2. The lowest BCUT2D eigenvalue weighted by Crippen LogP contribution is -2.30. The number of aromatic nitrogens is 3. The van der Waals surface area contributed by atoms with Crippen LogP contribution in [0, 0.1) is 6.92 Å². The van der Waals surface area contributed by atoms with Gasteiger partial charge in [-0.15, -0.1) is 0 Å². The predicted octanol–water partition coefficient (Wildman–Crippen LogP) is 4.58. The fourth-order valence-corrected chi connectivity index (χ4v) is 5.41. The zero-order valence-electron chi connectivity index (χ0n) is 22.5. The van der Waals surface area contributed by atoms with Crippen LogP contribution < -0.4 is 9.62 Å². The minimum Gasteiger partial charge on any atom is -0.508 e. The second kappa shape index (κ2) is 12.2. The molecule has 0 aliphatic heterocycles. The summed E-state index contributed by atoms with van der Waals surface area (Å²) in [6.07, 6.45) is 7.82. The molecule has 0 aliphatic carbocycles. The van der Waals surface area contributed by atoms with Crippen LogP contribution in [0.4, 0.5) is 5.69 Å². The van der Waals surface area contributed by atoms with Crippen molar-refractivity contribution in [1.29, 1.82) is 0 Å². The molecule has 3 N–H and O–H groups in total. The Morgan fingerprint density at radius 2 is 1.57 bits per heavy atom. The van der Waals surface area contributed by atoms with E-state index >= 15 is 0 Å². The minimum absolute atomic E-state index is 0.0345. The van der Waals surface area contributed by atoms with Gasteiger partial charge in [0.05, 0.1) is 17.8 Å². The number of aromatic hydroxyl groups is 2. The third-order valence-corrected chi connectivity index (χ3v) is 7.89. The summed E-state index contributed by atoms with van der Waals surface area (Å²) in [4.78, 5) is 27.7. The second-order valence-electron chi connectivity index (χ2n) is 9.52. The van der Waals surface area contributed by atoms with E-state index in [1.54, 1.807) is 80.2 Å². The maximum absolute atomic E-state index is 13.6. The molecule has 11 heteroatoms. The van der Waals surface area contributed by atoms with E-state index in [0.29, 0.717) is 16.9 Å². The number of hydrogen-bond acceptors (Lipinski definition) is 8. The third kappa shape index (κ3) is 6.43. The fraction of sp³-hybridized carbons (Fsp3) is 0.0968. The zero-order chi connectivity index (χ0) is 29.7. The highest BCUT2D eigenvalue weighted by atomic mass is 32.2. The molecule has 0 unspecified atom stereocenters. The summed E-state index contributed by atoms with van der Waals surface area (Å²) in [6, 6.07) is 19.6. The molecule has 10 nitrogen and oxygen atoms in total. The van der Waals surface area contributed by atoms with Crippen LogP contribution in [0.1, 0.15) is 27.0 Å². The van der Waals surface area contributed by atoms with E-state index in [9.17, 15) is 23.4 Å². The van der Waals surface area contributed by atoms with Crippen LogP contribution in [0.15, 0.2) is 109 Å². The first-order valence-electron chi connectivity index (χ1n) is 12.9. The first-order chi connectivity index (χ1) is 20.2. The summed E-state index contributed by atoms with van der Waals surface area (Å²) >= 11 is 0. The Bertz CT molecular complexity index is 1820. The molecule has 0 saturated heterocycles. The van der Waals surface area contributed by atoms with Crippen LogP contribution >= 0.6 is 0 Å². The average Bonchev–Trinajstić information content (AvgIpc) is 3.00. The summed E-state index contributed by atoms with van der Waals surface area (Å²) in [5, 5.41) is 20.0. The van der Waals surface area contributed by atoms with E-state index in [1.807, 2.05) is 6.07 Å². The van der Waals surface area contributed by atoms with Crippen LogP contribution in [0.25, 0.3) is 11.3 Å². The van der Waals surface area contributed by atoms with Crippen molar-refractivity contribution >= 4 is 21.6 Å². The Balaban J connectivity index is 1.40. The van der Waals surface area contributed by atoms with Crippen molar-refractivity contribution in [2.24, 2.45) is 0 Å². The molecule has 212 valence electrons. The van der Waals surface area contributed by atoms with Gasteiger partial charge < -0.3 is 15.1 Å². The van der Waals surface area contributed by atoms with Gasteiger partial charge in [-0.05, 0) is 66.1 Å². The molecule has 0 radical (unpaired) electrons. The summed E-state index contributed by atoms with van der Waals surface area (Å²) in [6.45, 7) is 2.07. The van der Waals surface area contributed by atoms with Crippen LogP contribution in [0.2, 0.25) is 0 Å². The molecule has 3 heterocycles. The van der Waals surface area contributed by atoms with Crippen molar-refractivity contribution in [3.8, 4) is 22.8 Å². The monoisotopic (exact) mass is 581 g/mol. The standard InChI is InChI=1S/C31H27N5O5S/c1-21-14-27(42(40,41)35-18-22-4-2-12-32-16-22)19-34-30(21)24-6-8-25(9-7-24)36(20-23-5-3-13-33-17-23)31(39)28-11-10-26(37)15-29(28)38/h2-17,19,35,37-38H,18,20H2,1H3. The molecule has 2 aromatic carbocycles. The van der Waals surface area contributed by atoms with Gasteiger partial charge in [-0.3, -0.25) is 19.7 Å². The smallest absolute Gasteiger partial charge is 0.262 e. The van der Waals surface area contributed by atoms with Crippen LogP contribution in [-0.4, -0.2) is 39.5 Å². The number of anilines is 1. The van der Waals surface area contributed by atoms with E-state index in [-0.39, 0.29) is 35.0 Å². The number of hydrogen-bond donors (Lipinski definition) is 3. The molecule has 0 atom stereocenters. The van der Waals surface area contributed by atoms with E-state index in [1.165, 1.54) is 23.2 Å². The highest BCUT2D eigenvalue weighted by molar-refractivity contribution is 7.89. The molecule has 0 fully saturated rings. The maximum atomic E-state index is 13.6. The molecule has 5 aromatic rings. The predicted molar refractivity (Wildman–Crippen MR) is 157 cm³/mol. The number of nitrogens with zero attached hydrogens (tertiary/aromatic N) is 4. The molecule has 0 aliphatic rings. The van der Waals surface area contributed by atoms with Crippen molar-refractivity contribution in [1.82, 2.24) is 19.7 Å². The van der Waals surface area contributed by atoms with Gasteiger partial charge in [0.15, 0.2) is 0 Å². The van der Waals surface area contributed by atoms with E-state index in [4.69, 9.17) is 0 Å². The lowest BCUT2D eigenvalue weighted by atomic mass is 10.1. The molecule has 1 amide bonds. The second-order valence-corrected chi connectivity index (χ2v) is 11.3. The zero-order valence-corrected chi connectivity index (χ0v) is 23.4. The molecule has 42 heavy (non-hydrogen) atoms. The van der Waals surface area contributed by atoms with Gasteiger partial charge in [-0.2, -0.15) is 0 Å². The number of pyridine rings is 3. The number of aryl methyl sites for hydroxylation is 1. The SMILES string of the molecule is Cc1cc(S(=O)(=O)NCc2cccnc2)cnc1-c1ccc(N(Cc2cccnc2)C(=O)c2ccc(O)cc2O)cc1. The molecule has 0 saturated carbocycles. The summed E-state index contributed by atoms with van der Waals surface area (Å²) in [7, 11) is -3.80. The highest BCUT2D eigenvalue weighted by Crippen LogP contribution is 2.30. The van der Waals surface area contributed by atoms with E-state index in [2.05, 4.69) is 19.7 Å². The Hall–Kier alpha value is -5.13. The van der Waals surface area contributed by atoms with Gasteiger partial charge in [0, 0.05) is 54.8 Å². The van der Waals surface area contributed by atoms with Crippen molar-refractivity contribution in [3.63, 3.8) is 0 Å². The molecular weight excluding hydrogens is 554 g/mol. The normalized spacial score (nSPS) is 11.3. The number of amides is 1. The van der Waals surface area contributed by atoms with Gasteiger partial charge >= 0.3 is 0 Å². The number of carbonyl (C=O) groups excluding carboxylic acids is 1. The minimum atomic E-state index is -3.80.